The number of phenols is 1. The van der Waals surface area contributed by atoms with E-state index in [4.69, 9.17) is 14.9 Å². The van der Waals surface area contributed by atoms with Crippen LogP contribution < -0.4 is 20.4 Å². The number of hydroxylamine groups is 1. The van der Waals surface area contributed by atoms with Crippen molar-refractivity contribution >= 4 is 29.1 Å². The van der Waals surface area contributed by atoms with Crippen molar-refractivity contribution < 1.29 is 24.2 Å². The molecule has 1 amide bonds. The number of thiophene rings is 1. The second kappa shape index (κ2) is 14.0. The van der Waals surface area contributed by atoms with Crippen LogP contribution in [0.4, 0.5) is 10.2 Å². The molecule has 0 radical (unpaired) electrons. The van der Waals surface area contributed by atoms with Gasteiger partial charge < -0.3 is 20.1 Å². The highest BCUT2D eigenvalue weighted by molar-refractivity contribution is 7.12. The number of nitrogens with zero attached hydrogens (tertiary/aromatic N) is 4. The largest absolute Gasteiger partial charge is 0.504 e. The van der Waals surface area contributed by atoms with E-state index in [1.54, 1.807) is 47.3 Å². The molecule has 0 unspecified atom stereocenters. The summed E-state index contributed by atoms with van der Waals surface area (Å²) in [7, 11) is 1.45. The minimum atomic E-state index is -0.697. The number of piperidine rings is 1. The number of benzene rings is 2. The monoisotopic (exact) mass is 624 g/mol. The van der Waals surface area contributed by atoms with Crippen LogP contribution in [0.2, 0.25) is 0 Å². The highest BCUT2D eigenvalue weighted by Gasteiger charge is 2.26. The number of phenolic OH excluding ortho intramolecular Hbond substituents is 1. The Morgan fingerprint density at radius 2 is 1.93 bits per heavy atom. The van der Waals surface area contributed by atoms with Gasteiger partial charge in [-0.3, -0.25) is 10.0 Å². The third-order valence-electron chi connectivity index (χ3n) is 7.59. The number of amides is 1. The molecule has 0 spiro atoms. The summed E-state index contributed by atoms with van der Waals surface area (Å²) in [6, 6.07) is 17.4. The fraction of sp³-hybridized carbons (Fsp3) is 0.212. The van der Waals surface area contributed by atoms with E-state index in [0.717, 1.165) is 22.6 Å². The number of methoxy groups -OCH3 is 1. The fourth-order valence-electron chi connectivity index (χ4n) is 5.30. The Hall–Kier alpha value is -5.27. The first-order chi connectivity index (χ1) is 21.8. The molecule has 1 saturated heterocycles. The molecule has 0 saturated carbocycles. The zero-order chi connectivity index (χ0) is 31.9. The summed E-state index contributed by atoms with van der Waals surface area (Å²) in [5, 5.41) is 42.4. The fourth-order valence-corrected chi connectivity index (χ4v) is 6.17. The molecule has 4 aromatic rings. The first kappa shape index (κ1) is 31.2. The van der Waals surface area contributed by atoms with E-state index in [1.165, 1.54) is 31.4 Å². The highest BCUT2D eigenvalue weighted by Crippen LogP contribution is 2.41. The second-order valence-electron chi connectivity index (χ2n) is 10.3. The lowest BCUT2D eigenvalue weighted by molar-refractivity contribution is -0.124. The lowest BCUT2D eigenvalue weighted by Gasteiger charge is -2.34. The van der Waals surface area contributed by atoms with Crippen molar-refractivity contribution in [3.05, 3.63) is 87.5 Å². The van der Waals surface area contributed by atoms with E-state index < -0.39 is 11.7 Å². The Morgan fingerprint density at radius 1 is 1.16 bits per heavy atom. The maximum Gasteiger partial charge on any atom is 0.267 e. The van der Waals surface area contributed by atoms with E-state index in [-0.39, 0.29) is 28.7 Å². The van der Waals surface area contributed by atoms with Crippen LogP contribution in [0.25, 0.3) is 28.3 Å². The van der Waals surface area contributed by atoms with Gasteiger partial charge in [0, 0.05) is 58.8 Å². The summed E-state index contributed by atoms with van der Waals surface area (Å²) in [4.78, 5) is 20.0. The molecule has 1 fully saturated rings. The molecular weight excluding hydrogens is 595 g/mol. The third-order valence-corrected chi connectivity index (χ3v) is 8.64. The van der Waals surface area contributed by atoms with Crippen molar-refractivity contribution in [2.24, 2.45) is 0 Å². The van der Waals surface area contributed by atoms with Crippen molar-refractivity contribution in [1.82, 2.24) is 15.8 Å². The number of rotatable bonds is 9. The predicted octanol–water partition coefficient (Wildman–Crippen LogP) is 5.35. The maximum atomic E-state index is 14.8. The predicted molar refractivity (Wildman–Crippen MR) is 168 cm³/mol. The molecule has 2 aromatic carbocycles. The van der Waals surface area contributed by atoms with Gasteiger partial charge in [0.2, 0.25) is 0 Å². The molecule has 3 heterocycles. The van der Waals surface area contributed by atoms with Crippen LogP contribution in [0.15, 0.2) is 60.8 Å². The lowest BCUT2D eigenvalue weighted by atomic mass is 9.91. The summed E-state index contributed by atoms with van der Waals surface area (Å²) >= 11 is 1.55. The number of hydrogen-bond donors (Lipinski definition) is 4. The number of halogens is 1. The first-order valence-corrected chi connectivity index (χ1v) is 14.9. The van der Waals surface area contributed by atoms with Crippen LogP contribution >= 0.6 is 11.3 Å². The Balaban J connectivity index is 1.38. The molecule has 1 aliphatic rings. The van der Waals surface area contributed by atoms with Gasteiger partial charge in [-0.25, -0.2) is 14.9 Å². The smallest absolute Gasteiger partial charge is 0.267 e. The number of hydrogen-bond acceptors (Lipinski definition) is 10. The number of ether oxygens (including phenoxy) is 1. The van der Waals surface area contributed by atoms with Gasteiger partial charge in [0.25, 0.3) is 5.91 Å². The standard InChI is InChI=1S/C33H29FN6O4S/c1-44-30-8-4-20(15-29(30)41)27-19-38-33(26(17-36)32(27)21-2-3-22(16-35)28(34)14-21)40-12-10-23(11-13-40)37-18-25-6-5-24(45-25)7-9-31(42)39-43/h2-9,14-15,19,23,37,41,43H,10-13,18H2,1H3,(H,39,42)/b9-7+. The summed E-state index contributed by atoms with van der Waals surface area (Å²) in [5.74, 6) is -0.603. The number of nitrogens with one attached hydrogen (secondary N) is 2. The van der Waals surface area contributed by atoms with Gasteiger partial charge in [0.05, 0.1) is 12.7 Å². The van der Waals surface area contributed by atoms with Crippen molar-refractivity contribution in [2.45, 2.75) is 25.4 Å². The van der Waals surface area contributed by atoms with E-state index >= 15 is 0 Å². The molecule has 45 heavy (non-hydrogen) atoms. The average Bonchev–Trinajstić information content (AvgIpc) is 3.53. The van der Waals surface area contributed by atoms with Crippen LogP contribution in [-0.2, 0) is 11.3 Å². The Bertz CT molecular complexity index is 1840. The Morgan fingerprint density at radius 3 is 2.60 bits per heavy atom. The lowest BCUT2D eigenvalue weighted by Crippen LogP contribution is -2.42. The van der Waals surface area contributed by atoms with Gasteiger partial charge in [-0.15, -0.1) is 11.3 Å². The zero-order valence-corrected chi connectivity index (χ0v) is 25.1. The second-order valence-corrected chi connectivity index (χ2v) is 11.5. The molecule has 4 N–H and O–H groups in total. The van der Waals surface area contributed by atoms with Gasteiger partial charge in [0.15, 0.2) is 11.5 Å². The quantitative estimate of drug-likeness (QED) is 0.110. The normalized spacial score (nSPS) is 13.4. The van der Waals surface area contributed by atoms with Gasteiger partial charge >= 0.3 is 0 Å². The van der Waals surface area contributed by atoms with Crippen LogP contribution in [-0.4, -0.2) is 47.4 Å². The number of nitriles is 2. The molecule has 228 valence electrons. The molecule has 10 nitrogen and oxygen atoms in total. The van der Waals surface area contributed by atoms with Crippen LogP contribution in [0.1, 0.15) is 33.7 Å². The summed E-state index contributed by atoms with van der Waals surface area (Å²) in [6.45, 7) is 1.94. The van der Waals surface area contributed by atoms with E-state index in [9.17, 15) is 24.8 Å². The summed E-state index contributed by atoms with van der Waals surface area (Å²) < 4.78 is 20.0. The van der Waals surface area contributed by atoms with Crippen molar-refractivity contribution in [3.63, 3.8) is 0 Å². The van der Waals surface area contributed by atoms with E-state index in [2.05, 4.69) is 16.3 Å². The number of aromatic nitrogens is 1. The number of carbonyl (C=O) groups is 1. The van der Waals surface area contributed by atoms with Gasteiger partial charge in [-0.2, -0.15) is 10.5 Å². The first-order valence-electron chi connectivity index (χ1n) is 14.0. The maximum absolute atomic E-state index is 14.8. The molecule has 1 aliphatic heterocycles. The van der Waals surface area contributed by atoms with Crippen molar-refractivity contribution in [2.75, 3.05) is 25.1 Å². The number of aromatic hydroxyl groups is 1. The minimum absolute atomic E-state index is 0.0894. The van der Waals surface area contributed by atoms with E-state index in [0.29, 0.717) is 47.7 Å². The minimum Gasteiger partial charge on any atom is -0.504 e. The highest BCUT2D eigenvalue weighted by atomic mass is 32.1. The Labute approximate surface area is 263 Å². The van der Waals surface area contributed by atoms with Crippen LogP contribution in [0.5, 0.6) is 11.5 Å². The SMILES string of the molecule is COc1ccc(-c2cnc(N3CCC(NCc4ccc(/C=C/C(=O)NO)s4)CC3)c(C#N)c2-c2ccc(C#N)c(F)c2)cc1O. The molecule has 0 aliphatic carbocycles. The summed E-state index contributed by atoms with van der Waals surface area (Å²) in [5.41, 5.74) is 3.69. The zero-order valence-electron chi connectivity index (χ0n) is 24.2. The van der Waals surface area contributed by atoms with Crippen molar-refractivity contribution in [1.29, 1.82) is 10.5 Å². The number of pyridine rings is 1. The average molecular weight is 625 g/mol. The van der Waals surface area contributed by atoms with Gasteiger partial charge in [0.1, 0.15) is 29.3 Å². The number of carbonyl (C=O) groups excluding carboxylic acids is 1. The van der Waals surface area contributed by atoms with E-state index in [1.807, 2.05) is 18.2 Å². The molecule has 2 aromatic heterocycles. The molecule has 5 rings (SSSR count). The van der Waals surface area contributed by atoms with Crippen LogP contribution in [0.3, 0.4) is 0 Å². The van der Waals surface area contributed by atoms with Crippen LogP contribution in [0, 0.1) is 28.5 Å². The Kier molecular flexibility index (Phi) is 9.70. The summed E-state index contributed by atoms with van der Waals surface area (Å²) in [6.07, 6.45) is 6.13. The molecule has 12 heteroatoms. The molecular formula is C33H29FN6O4S. The third kappa shape index (κ3) is 6.95. The van der Waals surface area contributed by atoms with Gasteiger partial charge in [-0.1, -0.05) is 12.1 Å². The number of anilines is 1. The molecule has 0 atom stereocenters. The van der Waals surface area contributed by atoms with Crippen molar-refractivity contribution in [3.8, 4) is 45.9 Å². The van der Waals surface area contributed by atoms with Gasteiger partial charge in [-0.05, 0) is 66.4 Å². The molecule has 0 bridgehead atoms. The topological polar surface area (TPSA) is 155 Å².